The number of hydrogen-bond donors (Lipinski definition) is 1. The summed E-state index contributed by atoms with van der Waals surface area (Å²) in [5, 5.41) is 0. The van der Waals surface area contributed by atoms with Crippen LogP contribution in [0.2, 0.25) is 0 Å². The topological polar surface area (TPSA) is 59.5 Å². The van der Waals surface area contributed by atoms with E-state index in [0.29, 0.717) is 12.6 Å². The largest absolute Gasteiger partial charge is 0.467 e. The van der Waals surface area contributed by atoms with Crippen molar-refractivity contribution in [3.05, 3.63) is 24.2 Å². The second-order valence-electron chi connectivity index (χ2n) is 4.24. The molecule has 1 saturated carbocycles. The highest BCUT2D eigenvalue weighted by Gasteiger charge is 2.26. The van der Waals surface area contributed by atoms with Gasteiger partial charge in [0.2, 0.25) is 5.91 Å². The van der Waals surface area contributed by atoms with E-state index in [4.69, 9.17) is 10.2 Å². The molecule has 1 aromatic rings. The molecule has 1 aliphatic carbocycles. The minimum absolute atomic E-state index is 0.0169. The standard InChI is InChI=1S/C12H18N2O2/c13-8-12(15)14(10-4-1-2-5-10)9-11-6-3-7-16-11/h3,6-7,10H,1-2,4-5,8-9,13H2. The molecule has 88 valence electrons. The molecule has 0 unspecified atom stereocenters. The molecule has 0 saturated heterocycles. The van der Waals surface area contributed by atoms with Crippen molar-refractivity contribution in [3.63, 3.8) is 0 Å². The van der Waals surface area contributed by atoms with Gasteiger partial charge in [0.05, 0.1) is 19.4 Å². The second kappa shape index (κ2) is 5.16. The van der Waals surface area contributed by atoms with E-state index in [1.54, 1.807) is 6.26 Å². The molecule has 16 heavy (non-hydrogen) atoms. The van der Waals surface area contributed by atoms with Gasteiger partial charge in [-0.05, 0) is 25.0 Å². The van der Waals surface area contributed by atoms with Crippen molar-refractivity contribution in [2.75, 3.05) is 6.54 Å². The van der Waals surface area contributed by atoms with E-state index in [9.17, 15) is 4.79 Å². The molecule has 0 atom stereocenters. The number of carbonyl (C=O) groups excluding carboxylic acids is 1. The highest BCUT2D eigenvalue weighted by atomic mass is 16.3. The van der Waals surface area contributed by atoms with Crippen molar-refractivity contribution in [1.29, 1.82) is 0 Å². The number of nitrogens with zero attached hydrogens (tertiary/aromatic N) is 1. The summed E-state index contributed by atoms with van der Waals surface area (Å²) in [6, 6.07) is 4.09. The van der Waals surface area contributed by atoms with Crippen LogP contribution in [-0.4, -0.2) is 23.4 Å². The zero-order chi connectivity index (χ0) is 11.4. The molecule has 2 N–H and O–H groups in total. The monoisotopic (exact) mass is 222 g/mol. The SMILES string of the molecule is NCC(=O)N(Cc1ccco1)C1CCCC1. The molecule has 4 heteroatoms. The third-order valence-corrected chi connectivity index (χ3v) is 3.17. The minimum atomic E-state index is 0.0169. The van der Waals surface area contributed by atoms with Crippen LogP contribution in [0.25, 0.3) is 0 Å². The maximum atomic E-state index is 11.8. The Morgan fingerprint density at radius 1 is 1.50 bits per heavy atom. The first-order valence-electron chi connectivity index (χ1n) is 5.83. The van der Waals surface area contributed by atoms with Gasteiger partial charge in [-0.3, -0.25) is 4.79 Å². The fourth-order valence-electron chi connectivity index (χ4n) is 2.32. The van der Waals surface area contributed by atoms with Crippen molar-refractivity contribution < 1.29 is 9.21 Å². The number of carbonyl (C=O) groups is 1. The number of furan rings is 1. The molecule has 1 aliphatic rings. The number of amides is 1. The summed E-state index contributed by atoms with van der Waals surface area (Å²) in [7, 11) is 0. The van der Waals surface area contributed by atoms with Crippen LogP contribution in [0, 0.1) is 0 Å². The normalized spacial score (nSPS) is 16.6. The van der Waals surface area contributed by atoms with E-state index in [1.807, 2.05) is 17.0 Å². The van der Waals surface area contributed by atoms with Crippen molar-refractivity contribution in [2.24, 2.45) is 5.73 Å². The smallest absolute Gasteiger partial charge is 0.236 e. The van der Waals surface area contributed by atoms with E-state index in [1.165, 1.54) is 12.8 Å². The quantitative estimate of drug-likeness (QED) is 0.840. The van der Waals surface area contributed by atoms with Crippen LogP contribution >= 0.6 is 0 Å². The fraction of sp³-hybridized carbons (Fsp3) is 0.583. The van der Waals surface area contributed by atoms with Gasteiger partial charge in [-0.15, -0.1) is 0 Å². The molecule has 1 aromatic heterocycles. The summed E-state index contributed by atoms with van der Waals surface area (Å²) >= 11 is 0. The van der Waals surface area contributed by atoms with Crippen LogP contribution in [0.4, 0.5) is 0 Å². The van der Waals surface area contributed by atoms with E-state index in [0.717, 1.165) is 18.6 Å². The van der Waals surface area contributed by atoms with Crippen molar-refractivity contribution in [1.82, 2.24) is 4.90 Å². The third-order valence-electron chi connectivity index (χ3n) is 3.17. The first-order valence-corrected chi connectivity index (χ1v) is 5.83. The molecule has 1 heterocycles. The Morgan fingerprint density at radius 3 is 2.81 bits per heavy atom. The molecule has 1 amide bonds. The van der Waals surface area contributed by atoms with Gasteiger partial charge in [0, 0.05) is 6.04 Å². The number of hydrogen-bond acceptors (Lipinski definition) is 3. The summed E-state index contributed by atoms with van der Waals surface area (Å²) in [6.07, 6.45) is 6.22. The van der Waals surface area contributed by atoms with Gasteiger partial charge >= 0.3 is 0 Å². The summed E-state index contributed by atoms with van der Waals surface area (Å²) in [5.74, 6) is 0.844. The van der Waals surface area contributed by atoms with Crippen LogP contribution in [0.15, 0.2) is 22.8 Å². The molecule has 0 aromatic carbocycles. The van der Waals surface area contributed by atoms with Gasteiger partial charge < -0.3 is 15.1 Å². The van der Waals surface area contributed by atoms with Gasteiger partial charge in [0.1, 0.15) is 5.76 Å². The Labute approximate surface area is 95.4 Å². The Morgan fingerprint density at radius 2 is 2.25 bits per heavy atom. The molecule has 1 fully saturated rings. The summed E-state index contributed by atoms with van der Waals surface area (Å²) in [6.45, 7) is 0.630. The lowest BCUT2D eigenvalue weighted by Gasteiger charge is -2.27. The summed E-state index contributed by atoms with van der Waals surface area (Å²) < 4.78 is 5.28. The molecule has 0 spiro atoms. The van der Waals surface area contributed by atoms with Gasteiger partial charge in [0.25, 0.3) is 0 Å². The lowest BCUT2D eigenvalue weighted by atomic mass is 10.2. The first kappa shape index (κ1) is 11.2. The van der Waals surface area contributed by atoms with Crippen LogP contribution in [0.5, 0.6) is 0 Å². The minimum Gasteiger partial charge on any atom is -0.467 e. The average molecular weight is 222 g/mol. The van der Waals surface area contributed by atoms with E-state index < -0.39 is 0 Å². The van der Waals surface area contributed by atoms with Crippen LogP contribution in [0.1, 0.15) is 31.4 Å². The molecule has 0 aliphatic heterocycles. The Hall–Kier alpha value is -1.29. The highest BCUT2D eigenvalue weighted by molar-refractivity contribution is 5.78. The molecule has 4 nitrogen and oxygen atoms in total. The Balaban J connectivity index is 2.04. The van der Waals surface area contributed by atoms with Gasteiger partial charge in [-0.25, -0.2) is 0 Å². The van der Waals surface area contributed by atoms with Crippen LogP contribution in [-0.2, 0) is 11.3 Å². The Bertz CT molecular complexity index is 329. The summed E-state index contributed by atoms with van der Waals surface area (Å²) in [5.41, 5.74) is 5.45. The molecule has 0 bridgehead atoms. The molecule has 2 rings (SSSR count). The van der Waals surface area contributed by atoms with Crippen LogP contribution in [0.3, 0.4) is 0 Å². The summed E-state index contributed by atoms with van der Waals surface area (Å²) in [4.78, 5) is 13.7. The highest BCUT2D eigenvalue weighted by Crippen LogP contribution is 2.25. The number of rotatable bonds is 4. The van der Waals surface area contributed by atoms with Crippen molar-refractivity contribution >= 4 is 5.91 Å². The average Bonchev–Trinajstić information content (AvgIpc) is 2.97. The van der Waals surface area contributed by atoms with E-state index in [-0.39, 0.29) is 12.5 Å². The maximum Gasteiger partial charge on any atom is 0.236 e. The molecular formula is C12H18N2O2. The molecular weight excluding hydrogens is 204 g/mol. The lowest BCUT2D eigenvalue weighted by molar-refractivity contribution is -0.132. The van der Waals surface area contributed by atoms with Gasteiger partial charge in [0.15, 0.2) is 0 Å². The predicted octanol–water partition coefficient (Wildman–Crippen LogP) is 1.51. The lowest BCUT2D eigenvalue weighted by Crippen LogP contribution is -2.41. The zero-order valence-corrected chi connectivity index (χ0v) is 9.39. The molecule has 0 radical (unpaired) electrons. The first-order chi connectivity index (χ1) is 7.81. The second-order valence-corrected chi connectivity index (χ2v) is 4.24. The van der Waals surface area contributed by atoms with Gasteiger partial charge in [-0.2, -0.15) is 0 Å². The third kappa shape index (κ3) is 2.44. The van der Waals surface area contributed by atoms with E-state index >= 15 is 0 Å². The predicted molar refractivity (Wildman–Crippen MR) is 60.6 cm³/mol. The fourth-order valence-corrected chi connectivity index (χ4v) is 2.32. The zero-order valence-electron chi connectivity index (χ0n) is 9.39. The van der Waals surface area contributed by atoms with Crippen LogP contribution < -0.4 is 5.73 Å². The number of nitrogens with two attached hydrogens (primary N) is 1. The van der Waals surface area contributed by atoms with Crippen molar-refractivity contribution in [2.45, 2.75) is 38.3 Å². The van der Waals surface area contributed by atoms with Crippen molar-refractivity contribution in [3.8, 4) is 0 Å². The van der Waals surface area contributed by atoms with Gasteiger partial charge in [-0.1, -0.05) is 12.8 Å². The maximum absolute atomic E-state index is 11.8. The Kier molecular flexibility index (Phi) is 3.62. The van der Waals surface area contributed by atoms with E-state index in [2.05, 4.69) is 0 Å².